The van der Waals surface area contributed by atoms with Gasteiger partial charge < -0.3 is 5.32 Å². The van der Waals surface area contributed by atoms with Crippen LogP contribution in [0.4, 0.5) is 10.5 Å². The second kappa shape index (κ2) is 5.10. The predicted molar refractivity (Wildman–Crippen MR) is 71.9 cm³/mol. The van der Waals surface area contributed by atoms with Crippen molar-refractivity contribution in [1.29, 1.82) is 0 Å². The first kappa shape index (κ1) is 12.4. The van der Waals surface area contributed by atoms with Crippen molar-refractivity contribution in [3.63, 3.8) is 0 Å². The van der Waals surface area contributed by atoms with Crippen molar-refractivity contribution in [3.8, 4) is 0 Å². The molecule has 0 aliphatic carbocycles. The van der Waals surface area contributed by atoms with Crippen molar-refractivity contribution in [2.45, 2.75) is 12.3 Å². The molecule has 1 fully saturated rings. The van der Waals surface area contributed by atoms with Crippen molar-refractivity contribution in [3.05, 3.63) is 28.7 Å². The lowest BCUT2D eigenvalue weighted by Crippen LogP contribution is -2.34. The molecule has 1 unspecified atom stereocenters. The Hall–Kier alpha value is -1.01. The Bertz CT molecular complexity index is 449. The zero-order chi connectivity index (χ0) is 12.4. The van der Waals surface area contributed by atoms with Crippen LogP contribution in [0.1, 0.15) is 6.92 Å². The fourth-order valence-corrected chi connectivity index (χ4v) is 2.76. The van der Waals surface area contributed by atoms with Crippen LogP contribution < -0.4 is 5.32 Å². The number of hydrogen-bond donors (Lipinski definition) is 1. The second-order valence-electron chi connectivity index (χ2n) is 3.50. The van der Waals surface area contributed by atoms with Gasteiger partial charge in [-0.25, -0.2) is 0 Å². The molecule has 0 bridgehead atoms. The molecule has 6 heteroatoms. The molecule has 90 valence electrons. The molecule has 1 aromatic carbocycles. The number of hydrogen-bond acceptors (Lipinski definition) is 4. The molecular formula is C11H11BrN2O2S. The molecule has 2 amide bonds. The molecule has 1 aliphatic heterocycles. The Balaban J connectivity index is 2.08. The van der Waals surface area contributed by atoms with E-state index in [2.05, 4.69) is 21.2 Å². The van der Waals surface area contributed by atoms with Crippen molar-refractivity contribution >= 4 is 44.5 Å². The third-order valence-corrected chi connectivity index (χ3v) is 3.89. The Labute approximate surface area is 112 Å². The third kappa shape index (κ3) is 2.63. The van der Waals surface area contributed by atoms with Gasteiger partial charge in [0.2, 0.25) is 0 Å². The molecule has 1 aliphatic rings. The summed E-state index contributed by atoms with van der Waals surface area (Å²) in [6.07, 6.45) is 0. The van der Waals surface area contributed by atoms with Gasteiger partial charge in [-0.1, -0.05) is 15.9 Å². The summed E-state index contributed by atoms with van der Waals surface area (Å²) in [5.41, 5.74) is 0.824. The lowest BCUT2D eigenvalue weighted by molar-refractivity contribution is -0.126. The normalized spacial score (nSPS) is 19.9. The van der Waals surface area contributed by atoms with E-state index >= 15 is 0 Å². The van der Waals surface area contributed by atoms with Gasteiger partial charge >= 0.3 is 0 Å². The summed E-state index contributed by atoms with van der Waals surface area (Å²) in [5.74, 6) is -0.176. The number of carbonyl (C=O) groups excluding carboxylic acids is 2. The lowest BCUT2D eigenvalue weighted by Gasteiger charge is -2.12. The van der Waals surface area contributed by atoms with Gasteiger partial charge in [0.15, 0.2) is 5.37 Å². The van der Waals surface area contributed by atoms with E-state index in [0.717, 1.165) is 21.9 Å². The average Bonchev–Trinajstić information content (AvgIpc) is 2.57. The SMILES string of the molecule is CCN1C(=O)SC(Nc2ccc(Br)cc2)C1=O. The summed E-state index contributed by atoms with van der Waals surface area (Å²) in [4.78, 5) is 24.6. The minimum Gasteiger partial charge on any atom is -0.365 e. The lowest BCUT2D eigenvalue weighted by atomic mass is 10.3. The monoisotopic (exact) mass is 314 g/mol. The van der Waals surface area contributed by atoms with Crippen LogP contribution >= 0.6 is 27.7 Å². The zero-order valence-corrected chi connectivity index (χ0v) is 11.5. The van der Waals surface area contributed by atoms with E-state index in [1.54, 1.807) is 6.92 Å². The third-order valence-electron chi connectivity index (χ3n) is 2.39. The van der Waals surface area contributed by atoms with Gasteiger partial charge in [0.1, 0.15) is 0 Å². The molecule has 1 N–H and O–H groups in total. The highest BCUT2D eigenvalue weighted by atomic mass is 79.9. The van der Waals surface area contributed by atoms with E-state index in [-0.39, 0.29) is 11.1 Å². The first-order chi connectivity index (χ1) is 8.11. The molecule has 1 saturated heterocycles. The van der Waals surface area contributed by atoms with Crippen molar-refractivity contribution in [2.75, 3.05) is 11.9 Å². The quantitative estimate of drug-likeness (QED) is 0.932. The number of nitrogens with zero attached hydrogens (tertiary/aromatic N) is 1. The van der Waals surface area contributed by atoms with E-state index in [9.17, 15) is 9.59 Å². The minimum absolute atomic E-state index is 0.176. The van der Waals surface area contributed by atoms with Crippen LogP contribution in [0.15, 0.2) is 28.7 Å². The van der Waals surface area contributed by atoms with Crippen LogP contribution in [0.25, 0.3) is 0 Å². The topological polar surface area (TPSA) is 49.4 Å². The number of likely N-dealkylation sites (N-methyl/N-ethyl adjacent to an activating group) is 1. The van der Waals surface area contributed by atoms with Gasteiger partial charge in [-0.2, -0.15) is 0 Å². The number of nitrogens with one attached hydrogen (secondary N) is 1. The predicted octanol–water partition coefficient (Wildman–Crippen LogP) is 2.90. The molecule has 1 atom stereocenters. The number of benzene rings is 1. The van der Waals surface area contributed by atoms with Crippen LogP contribution in [0, 0.1) is 0 Å². The molecule has 1 heterocycles. The van der Waals surface area contributed by atoms with Crippen LogP contribution in [0.5, 0.6) is 0 Å². The van der Waals surface area contributed by atoms with Gasteiger partial charge in [0.05, 0.1) is 0 Å². The van der Waals surface area contributed by atoms with E-state index in [1.165, 1.54) is 4.90 Å². The van der Waals surface area contributed by atoms with Gasteiger partial charge in [0, 0.05) is 16.7 Å². The van der Waals surface area contributed by atoms with Gasteiger partial charge in [-0.3, -0.25) is 14.5 Å². The number of imide groups is 1. The largest absolute Gasteiger partial charge is 0.365 e. The van der Waals surface area contributed by atoms with Gasteiger partial charge in [-0.15, -0.1) is 0 Å². The first-order valence-electron chi connectivity index (χ1n) is 5.16. The average molecular weight is 315 g/mol. The number of anilines is 1. The summed E-state index contributed by atoms with van der Waals surface area (Å²) in [6, 6.07) is 7.48. The van der Waals surface area contributed by atoms with Crippen molar-refractivity contribution < 1.29 is 9.59 Å². The van der Waals surface area contributed by atoms with E-state index in [4.69, 9.17) is 0 Å². The Morgan fingerprint density at radius 1 is 1.35 bits per heavy atom. The molecule has 0 spiro atoms. The number of amides is 2. The molecule has 1 aromatic rings. The number of carbonyl (C=O) groups is 2. The maximum atomic E-state index is 11.8. The first-order valence-corrected chi connectivity index (χ1v) is 6.83. The van der Waals surface area contributed by atoms with Crippen LogP contribution in [0.3, 0.4) is 0 Å². The van der Waals surface area contributed by atoms with Gasteiger partial charge in [-0.05, 0) is 43.0 Å². The van der Waals surface area contributed by atoms with E-state index in [0.29, 0.717) is 6.54 Å². The van der Waals surface area contributed by atoms with E-state index in [1.807, 2.05) is 24.3 Å². The Morgan fingerprint density at radius 3 is 2.53 bits per heavy atom. The van der Waals surface area contributed by atoms with Crippen molar-refractivity contribution in [1.82, 2.24) is 4.90 Å². The number of rotatable bonds is 3. The molecule has 4 nitrogen and oxygen atoms in total. The Morgan fingerprint density at radius 2 is 2.00 bits per heavy atom. The minimum atomic E-state index is -0.511. The standard InChI is InChI=1S/C11H11BrN2O2S/c1-2-14-10(15)9(17-11(14)16)13-8-5-3-7(12)4-6-8/h3-6,9,13H,2H2,1H3. The maximum Gasteiger partial charge on any atom is 0.290 e. The summed E-state index contributed by atoms with van der Waals surface area (Å²) in [5, 5.41) is 2.34. The fourth-order valence-electron chi connectivity index (χ4n) is 1.52. The summed E-state index contributed by atoms with van der Waals surface area (Å²) in [6.45, 7) is 2.21. The highest BCUT2D eigenvalue weighted by molar-refractivity contribution is 9.10. The summed E-state index contributed by atoms with van der Waals surface area (Å²) in [7, 11) is 0. The maximum absolute atomic E-state index is 11.8. The molecule has 0 aromatic heterocycles. The van der Waals surface area contributed by atoms with Crippen LogP contribution in [-0.2, 0) is 4.79 Å². The number of halogens is 1. The van der Waals surface area contributed by atoms with Crippen LogP contribution in [0.2, 0.25) is 0 Å². The highest BCUT2D eigenvalue weighted by Gasteiger charge is 2.38. The number of thioether (sulfide) groups is 1. The van der Waals surface area contributed by atoms with Crippen LogP contribution in [-0.4, -0.2) is 28.0 Å². The smallest absolute Gasteiger partial charge is 0.290 e. The molecule has 0 radical (unpaired) electrons. The van der Waals surface area contributed by atoms with Crippen molar-refractivity contribution in [2.24, 2.45) is 0 Å². The summed E-state index contributed by atoms with van der Waals surface area (Å²) >= 11 is 4.36. The molecule has 0 saturated carbocycles. The molecular weight excluding hydrogens is 304 g/mol. The molecule has 17 heavy (non-hydrogen) atoms. The van der Waals surface area contributed by atoms with Gasteiger partial charge in [0.25, 0.3) is 11.1 Å². The Kier molecular flexibility index (Phi) is 3.73. The highest BCUT2D eigenvalue weighted by Crippen LogP contribution is 2.28. The second-order valence-corrected chi connectivity index (χ2v) is 5.47. The zero-order valence-electron chi connectivity index (χ0n) is 9.14. The molecule has 2 rings (SSSR count). The summed E-state index contributed by atoms with van der Waals surface area (Å²) < 4.78 is 0.972. The fraction of sp³-hybridized carbons (Fsp3) is 0.273. The van der Waals surface area contributed by atoms with E-state index < -0.39 is 5.37 Å².